The molecule has 62 valence electrons. The Kier molecular flexibility index (Phi) is 1.33. The molecule has 0 fully saturated rings. The predicted octanol–water partition coefficient (Wildman–Crippen LogP) is -0.581. The van der Waals surface area contributed by atoms with Crippen LogP contribution in [0.4, 0.5) is 5.95 Å². The molecule has 1 aliphatic heterocycles. The first-order valence-electron chi connectivity index (χ1n) is 3.42. The predicted molar refractivity (Wildman–Crippen MR) is 42.3 cm³/mol. The number of carbonyl (C=O) groups excluding carboxylic acids is 1. The second kappa shape index (κ2) is 2.33. The third-order valence-electron chi connectivity index (χ3n) is 1.48. The first-order valence-corrected chi connectivity index (χ1v) is 3.42. The SMILES string of the molecule is NC1=NN(c2ncc[nH]2)C(=O)C1. The Labute approximate surface area is 68.1 Å². The number of nitrogens with two attached hydrogens (primary N) is 1. The molecule has 12 heavy (non-hydrogen) atoms. The summed E-state index contributed by atoms with van der Waals surface area (Å²) in [6.07, 6.45) is 3.33. The van der Waals surface area contributed by atoms with Crippen molar-refractivity contribution in [3.63, 3.8) is 0 Å². The van der Waals surface area contributed by atoms with Crippen LogP contribution < -0.4 is 10.7 Å². The normalized spacial score (nSPS) is 16.8. The van der Waals surface area contributed by atoms with Crippen molar-refractivity contribution in [1.29, 1.82) is 0 Å². The van der Waals surface area contributed by atoms with Crippen molar-refractivity contribution in [3.8, 4) is 0 Å². The Hall–Kier alpha value is -1.85. The van der Waals surface area contributed by atoms with Crippen molar-refractivity contribution >= 4 is 17.7 Å². The zero-order chi connectivity index (χ0) is 8.55. The fourth-order valence-electron chi connectivity index (χ4n) is 0.988. The lowest BCUT2D eigenvalue weighted by Crippen LogP contribution is -2.20. The molecule has 1 aromatic rings. The maximum absolute atomic E-state index is 11.2. The Morgan fingerprint density at radius 2 is 2.50 bits per heavy atom. The average molecular weight is 165 g/mol. The van der Waals surface area contributed by atoms with Gasteiger partial charge in [0.1, 0.15) is 5.84 Å². The van der Waals surface area contributed by atoms with E-state index >= 15 is 0 Å². The lowest BCUT2D eigenvalue weighted by molar-refractivity contribution is -0.117. The minimum absolute atomic E-state index is 0.164. The number of H-pyrrole nitrogens is 1. The molecule has 0 unspecified atom stereocenters. The molecule has 6 nitrogen and oxygen atoms in total. The fourth-order valence-corrected chi connectivity index (χ4v) is 0.988. The molecule has 0 atom stereocenters. The van der Waals surface area contributed by atoms with Crippen LogP contribution in [0, 0.1) is 0 Å². The first kappa shape index (κ1) is 6.84. The number of hydrogen-bond acceptors (Lipinski definition) is 4. The summed E-state index contributed by atoms with van der Waals surface area (Å²) in [5.74, 6) is 0.555. The molecule has 0 spiro atoms. The summed E-state index contributed by atoms with van der Waals surface area (Å²) in [6.45, 7) is 0. The highest BCUT2D eigenvalue weighted by molar-refractivity contribution is 6.10. The molecule has 2 heterocycles. The highest BCUT2D eigenvalue weighted by Gasteiger charge is 2.24. The number of hydrogen-bond donors (Lipinski definition) is 2. The van der Waals surface area contributed by atoms with E-state index < -0.39 is 0 Å². The molecule has 3 N–H and O–H groups in total. The van der Waals surface area contributed by atoms with Crippen LogP contribution in [0.5, 0.6) is 0 Å². The third kappa shape index (κ3) is 0.931. The topological polar surface area (TPSA) is 87.4 Å². The van der Waals surface area contributed by atoms with Crippen LogP contribution in [0.2, 0.25) is 0 Å². The number of nitrogens with zero attached hydrogens (tertiary/aromatic N) is 3. The molecule has 1 amide bonds. The van der Waals surface area contributed by atoms with Gasteiger partial charge in [-0.25, -0.2) is 4.98 Å². The third-order valence-corrected chi connectivity index (χ3v) is 1.48. The maximum Gasteiger partial charge on any atom is 0.257 e. The van der Waals surface area contributed by atoms with Crippen LogP contribution in [0.25, 0.3) is 0 Å². The number of hydrazone groups is 1. The van der Waals surface area contributed by atoms with E-state index in [-0.39, 0.29) is 12.3 Å². The van der Waals surface area contributed by atoms with E-state index in [4.69, 9.17) is 5.73 Å². The molecule has 0 radical (unpaired) electrons. The average Bonchev–Trinajstić information content (AvgIpc) is 2.58. The van der Waals surface area contributed by atoms with Crippen LogP contribution in [0.3, 0.4) is 0 Å². The van der Waals surface area contributed by atoms with Crippen LogP contribution in [0.15, 0.2) is 17.5 Å². The molecular formula is C6H7N5O. The number of rotatable bonds is 1. The first-order chi connectivity index (χ1) is 5.77. The number of imidazole rings is 1. The summed E-state index contributed by atoms with van der Waals surface area (Å²) in [7, 11) is 0. The van der Waals surface area contributed by atoms with Gasteiger partial charge in [-0.2, -0.15) is 5.01 Å². The summed E-state index contributed by atoms with van der Waals surface area (Å²) in [4.78, 5) is 17.8. The molecule has 1 aromatic heterocycles. The van der Waals surface area contributed by atoms with E-state index in [2.05, 4.69) is 15.1 Å². The number of aromatic amines is 1. The molecule has 0 aromatic carbocycles. The van der Waals surface area contributed by atoms with E-state index in [9.17, 15) is 4.79 Å². The Bertz CT molecular complexity index is 328. The Balaban J connectivity index is 2.31. The van der Waals surface area contributed by atoms with Crippen LogP contribution in [0.1, 0.15) is 6.42 Å². The monoisotopic (exact) mass is 165 g/mol. The molecule has 0 aliphatic carbocycles. The van der Waals surface area contributed by atoms with Crippen molar-refractivity contribution in [3.05, 3.63) is 12.4 Å². The summed E-state index contributed by atoms with van der Waals surface area (Å²) < 4.78 is 0. The Morgan fingerprint density at radius 1 is 1.67 bits per heavy atom. The molecule has 6 heteroatoms. The van der Waals surface area contributed by atoms with Crippen LogP contribution >= 0.6 is 0 Å². The second-order valence-electron chi connectivity index (χ2n) is 2.39. The van der Waals surface area contributed by atoms with Gasteiger partial charge in [0.05, 0.1) is 6.42 Å². The van der Waals surface area contributed by atoms with Gasteiger partial charge in [-0.15, -0.1) is 5.10 Å². The molecule has 0 saturated carbocycles. The molecular weight excluding hydrogens is 158 g/mol. The second-order valence-corrected chi connectivity index (χ2v) is 2.39. The van der Waals surface area contributed by atoms with Crippen LogP contribution in [-0.4, -0.2) is 21.7 Å². The summed E-state index contributed by atoms with van der Waals surface area (Å²) >= 11 is 0. The number of carbonyl (C=O) groups is 1. The summed E-state index contributed by atoms with van der Waals surface area (Å²) in [5, 5.41) is 4.96. The standard InChI is InChI=1S/C6H7N5O/c7-4-3-5(12)11(10-4)6-8-1-2-9-6/h1-2H,3H2,(H2,7,10)(H,8,9). The van der Waals surface area contributed by atoms with Crippen molar-refractivity contribution in [1.82, 2.24) is 9.97 Å². The van der Waals surface area contributed by atoms with Gasteiger partial charge in [-0.3, -0.25) is 4.79 Å². The summed E-state index contributed by atoms with van der Waals surface area (Å²) in [5.41, 5.74) is 5.37. The van der Waals surface area contributed by atoms with Gasteiger partial charge in [0, 0.05) is 12.4 Å². The molecule has 0 saturated heterocycles. The molecule has 1 aliphatic rings. The highest BCUT2D eigenvalue weighted by Crippen LogP contribution is 2.13. The van der Waals surface area contributed by atoms with Gasteiger partial charge in [-0.1, -0.05) is 0 Å². The van der Waals surface area contributed by atoms with Gasteiger partial charge in [0.2, 0.25) is 5.95 Å². The number of amidine groups is 1. The van der Waals surface area contributed by atoms with Crippen molar-refractivity contribution < 1.29 is 4.79 Å². The van der Waals surface area contributed by atoms with E-state index in [1.165, 1.54) is 0 Å². The van der Waals surface area contributed by atoms with E-state index in [0.717, 1.165) is 5.01 Å². The Morgan fingerprint density at radius 3 is 3.00 bits per heavy atom. The van der Waals surface area contributed by atoms with Gasteiger partial charge in [-0.05, 0) is 0 Å². The van der Waals surface area contributed by atoms with E-state index in [0.29, 0.717) is 11.8 Å². The number of anilines is 1. The van der Waals surface area contributed by atoms with Crippen LogP contribution in [-0.2, 0) is 4.79 Å². The van der Waals surface area contributed by atoms with Gasteiger partial charge in [0.25, 0.3) is 5.91 Å². The lowest BCUT2D eigenvalue weighted by atomic mass is 10.4. The molecule has 0 bridgehead atoms. The quantitative estimate of drug-likeness (QED) is 0.583. The van der Waals surface area contributed by atoms with Gasteiger partial charge in [0.15, 0.2) is 0 Å². The highest BCUT2D eigenvalue weighted by atomic mass is 16.2. The van der Waals surface area contributed by atoms with Crippen molar-refractivity contribution in [2.24, 2.45) is 10.8 Å². The van der Waals surface area contributed by atoms with Crippen molar-refractivity contribution in [2.45, 2.75) is 6.42 Å². The van der Waals surface area contributed by atoms with Crippen molar-refractivity contribution in [2.75, 3.05) is 5.01 Å². The fraction of sp³-hybridized carbons (Fsp3) is 0.167. The summed E-state index contributed by atoms with van der Waals surface area (Å²) in [6, 6.07) is 0. The zero-order valence-corrected chi connectivity index (χ0v) is 6.19. The minimum atomic E-state index is -0.164. The zero-order valence-electron chi connectivity index (χ0n) is 6.19. The largest absolute Gasteiger partial charge is 0.385 e. The lowest BCUT2D eigenvalue weighted by Gasteiger charge is -2.05. The van der Waals surface area contributed by atoms with Gasteiger partial charge >= 0.3 is 0 Å². The van der Waals surface area contributed by atoms with E-state index in [1.807, 2.05) is 0 Å². The smallest absolute Gasteiger partial charge is 0.257 e. The number of amides is 1. The number of aromatic nitrogens is 2. The van der Waals surface area contributed by atoms with Gasteiger partial charge < -0.3 is 10.7 Å². The maximum atomic E-state index is 11.2. The number of nitrogens with one attached hydrogen (secondary N) is 1. The molecule has 2 rings (SSSR count). The minimum Gasteiger partial charge on any atom is -0.385 e. The van der Waals surface area contributed by atoms with E-state index in [1.54, 1.807) is 12.4 Å².